The lowest BCUT2D eigenvalue weighted by atomic mass is 9.92. The Morgan fingerprint density at radius 1 is 1.29 bits per heavy atom. The van der Waals surface area contributed by atoms with Gasteiger partial charge in [-0.3, -0.25) is 4.99 Å². The van der Waals surface area contributed by atoms with E-state index in [1.165, 1.54) is 0 Å². The molecule has 3 aliphatic heterocycles. The molecule has 2 atom stereocenters. The highest BCUT2D eigenvalue weighted by Gasteiger charge is 2.39. The number of ether oxygens (including phenoxy) is 1. The van der Waals surface area contributed by atoms with Crippen molar-refractivity contribution in [1.82, 2.24) is 0 Å². The van der Waals surface area contributed by atoms with Gasteiger partial charge in [0.2, 0.25) is 6.29 Å². The summed E-state index contributed by atoms with van der Waals surface area (Å²) in [6.07, 6.45) is 4.33. The van der Waals surface area contributed by atoms with Gasteiger partial charge in [-0.15, -0.1) is 0 Å². The standard InChI is InChI=1S/C10H14N2O2/c1-4-8(11-5-1)9-7-3-2-6-13-10(7)14-12-9/h7,10H,1-6H2/t7-,10+/m1/s1. The van der Waals surface area contributed by atoms with Gasteiger partial charge in [0.25, 0.3) is 0 Å². The largest absolute Gasteiger partial charge is 0.363 e. The van der Waals surface area contributed by atoms with Gasteiger partial charge in [-0.25, -0.2) is 0 Å². The van der Waals surface area contributed by atoms with E-state index in [0.717, 1.165) is 50.3 Å². The molecule has 3 heterocycles. The minimum absolute atomic E-state index is 0.123. The van der Waals surface area contributed by atoms with Crippen LogP contribution in [0.5, 0.6) is 0 Å². The monoisotopic (exact) mass is 194 g/mol. The summed E-state index contributed by atoms with van der Waals surface area (Å²) >= 11 is 0. The molecule has 1 saturated heterocycles. The molecule has 3 aliphatic rings. The number of hydrogen-bond donors (Lipinski definition) is 0. The molecular weight excluding hydrogens is 180 g/mol. The lowest BCUT2D eigenvalue weighted by Crippen LogP contribution is -2.33. The van der Waals surface area contributed by atoms with Crippen molar-refractivity contribution in [3.63, 3.8) is 0 Å². The molecule has 0 aromatic carbocycles. The quantitative estimate of drug-likeness (QED) is 0.632. The number of rotatable bonds is 1. The van der Waals surface area contributed by atoms with Crippen molar-refractivity contribution in [2.24, 2.45) is 16.1 Å². The summed E-state index contributed by atoms with van der Waals surface area (Å²) in [6, 6.07) is 0. The van der Waals surface area contributed by atoms with Crippen LogP contribution in [-0.4, -0.2) is 30.9 Å². The van der Waals surface area contributed by atoms with Gasteiger partial charge < -0.3 is 9.57 Å². The highest BCUT2D eigenvalue weighted by molar-refractivity contribution is 6.43. The predicted octanol–water partition coefficient (Wildman–Crippen LogP) is 1.36. The fourth-order valence-corrected chi connectivity index (χ4v) is 2.32. The summed E-state index contributed by atoms with van der Waals surface area (Å²) in [6.45, 7) is 1.75. The van der Waals surface area contributed by atoms with Crippen molar-refractivity contribution in [3.05, 3.63) is 0 Å². The topological polar surface area (TPSA) is 43.2 Å². The molecule has 0 aromatic rings. The molecule has 0 aliphatic carbocycles. The Balaban J connectivity index is 1.80. The van der Waals surface area contributed by atoms with Gasteiger partial charge >= 0.3 is 0 Å². The van der Waals surface area contributed by atoms with E-state index in [1.807, 2.05) is 0 Å². The first-order valence-corrected chi connectivity index (χ1v) is 5.34. The van der Waals surface area contributed by atoms with Crippen molar-refractivity contribution >= 4 is 11.4 Å². The third kappa shape index (κ3) is 1.25. The second kappa shape index (κ2) is 3.35. The van der Waals surface area contributed by atoms with Crippen LogP contribution in [0.2, 0.25) is 0 Å². The molecule has 0 bridgehead atoms. The third-order valence-corrected chi connectivity index (χ3v) is 3.05. The van der Waals surface area contributed by atoms with E-state index in [-0.39, 0.29) is 6.29 Å². The average Bonchev–Trinajstić information content (AvgIpc) is 2.85. The van der Waals surface area contributed by atoms with Crippen LogP contribution in [0.25, 0.3) is 0 Å². The van der Waals surface area contributed by atoms with Gasteiger partial charge in [-0.05, 0) is 25.7 Å². The molecule has 0 N–H and O–H groups in total. The summed E-state index contributed by atoms with van der Waals surface area (Å²) in [5, 5.41) is 4.12. The molecule has 0 spiro atoms. The Kier molecular flexibility index (Phi) is 2.01. The first kappa shape index (κ1) is 8.41. The zero-order valence-electron chi connectivity index (χ0n) is 8.11. The van der Waals surface area contributed by atoms with E-state index in [4.69, 9.17) is 9.57 Å². The summed E-state index contributed by atoms with van der Waals surface area (Å²) in [5.74, 6) is 0.348. The van der Waals surface area contributed by atoms with E-state index in [1.54, 1.807) is 0 Å². The smallest absolute Gasteiger partial charge is 0.235 e. The van der Waals surface area contributed by atoms with Crippen LogP contribution in [0.1, 0.15) is 25.7 Å². The molecule has 0 radical (unpaired) electrons. The summed E-state index contributed by atoms with van der Waals surface area (Å²) in [7, 11) is 0. The highest BCUT2D eigenvalue weighted by Crippen LogP contribution is 2.30. The van der Waals surface area contributed by atoms with Crippen LogP contribution < -0.4 is 0 Å². The van der Waals surface area contributed by atoms with Crippen LogP contribution in [0, 0.1) is 5.92 Å². The maximum absolute atomic E-state index is 5.50. The lowest BCUT2D eigenvalue weighted by molar-refractivity contribution is -0.162. The normalized spacial score (nSPS) is 36.0. The maximum atomic E-state index is 5.50. The summed E-state index contributed by atoms with van der Waals surface area (Å²) in [4.78, 5) is 9.73. The SMILES string of the molecule is C1CN=C(C2=NO[C@@H]3OCCC[C@H]23)C1. The van der Waals surface area contributed by atoms with E-state index < -0.39 is 0 Å². The van der Waals surface area contributed by atoms with Crippen molar-refractivity contribution < 1.29 is 9.57 Å². The van der Waals surface area contributed by atoms with Gasteiger partial charge in [0, 0.05) is 6.54 Å². The molecule has 0 unspecified atom stereocenters. The van der Waals surface area contributed by atoms with Gasteiger partial charge in [-0.2, -0.15) is 0 Å². The molecule has 1 fully saturated rings. The zero-order valence-corrected chi connectivity index (χ0v) is 8.11. The maximum Gasteiger partial charge on any atom is 0.235 e. The van der Waals surface area contributed by atoms with Crippen molar-refractivity contribution in [2.45, 2.75) is 32.0 Å². The Morgan fingerprint density at radius 3 is 3.14 bits per heavy atom. The fourth-order valence-electron chi connectivity index (χ4n) is 2.32. The molecule has 0 aromatic heterocycles. The average molecular weight is 194 g/mol. The van der Waals surface area contributed by atoms with E-state index in [9.17, 15) is 0 Å². The number of aliphatic imine (C=N–C) groups is 1. The lowest BCUT2D eigenvalue weighted by Gasteiger charge is -2.23. The summed E-state index contributed by atoms with van der Waals surface area (Å²) < 4.78 is 5.50. The zero-order chi connectivity index (χ0) is 9.38. The molecule has 4 heteroatoms. The predicted molar refractivity (Wildman–Crippen MR) is 52.5 cm³/mol. The number of hydrogen-bond acceptors (Lipinski definition) is 4. The minimum atomic E-state index is -0.123. The van der Waals surface area contributed by atoms with Gasteiger partial charge in [0.15, 0.2) is 0 Å². The van der Waals surface area contributed by atoms with Gasteiger partial charge in [0.1, 0.15) is 5.71 Å². The Labute approximate surface area is 83.0 Å². The summed E-state index contributed by atoms with van der Waals surface area (Å²) in [5.41, 5.74) is 2.22. The Morgan fingerprint density at radius 2 is 2.29 bits per heavy atom. The number of nitrogens with zero attached hydrogens (tertiary/aromatic N) is 2. The molecule has 0 amide bonds. The van der Waals surface area contributed by atoms with Crippen molar-refractivity contribution in [1.29, 1.82) is 0 Å². The first-order chi connectivity index (χ1) is 6.95. The molecule has 76 valence electrons. The van der Waals surface area contributed by atoms with E-state index in [2.05, 4.69) is 10.1 Å². The molecule has 3 rings (SSSR count). The van der Waals surface area contributed by atoms with Crippen LogP contribution in [-0.2, 0) is 9.57 Å². The van der Waals surface area contributed by atoms with Gasteiger partial charge in [-0.1, -0.05) is 5.16 Å². The highest BCUT2D eigenvalue weighted by atomic mass is 16.8. The minimum Gasteiger partial charge on any atom is -0.363 e. The van der Waals surface area contributed by atoms with E-state index >= 15 is 0 Å². The van der Waals surface area contributed by atoms with Crippen LogP contribution >= 0.6 is 0 Å². The Hall–Kier alpha value is -0.900. The second-order valence-corrected chi connectivity index (χ2v) is 4.00. The third-order valence-electron chi connectivity index (χ3n) is 3.05. The van der Waals surface area contributed by atoms with E-state index in [0.29, 0.717) is 5.92 Å². The van der Waals surface area contributed by atoms with Crippen LogP contribution in [0.4, 0.5) is 0 Å². The van der Waals surface area contributed by atoms with Gasteiger partial charge in [0.05, 0.1) is 18.2 Å². The molecule has 14 heavy (non-hydrogen) atoms. The van der Waals surface area contributed by atoms with Crippen LogP contribution in [0.15, 0.2) is 10.1 Å². The van der Waals surface area contributed by atoms with Crippen molar-refractivity contribution in [2.75, 3.05) is 13.2 Å². The fraction of sp³-hybridized carbons (Fsp3) is 0.800. The number of fused-ring (bicyclic) bond motifs is 1. The Bertz CT molecular complexity index is 298. The second-order valence-electron chi connectivity index (χ2n) is 4.00. The number of oxime groups is 1. The molecule has 0 saturated carbocycles. The van der Waals surface area contributed by atoms with Crippen LogP contribution in [0.3, 0.4) is 0 Å². The first-order valence-electron chi connectivity index (χ1n) is 5.34. The molecular formula is C10H14N2O2. The van der Waals surface area contributed by atoms with Crippen molar-refractivity contribution in [3.8, 4) is 0 Å². The molecule has 4 nitrogen and oxygen atoms in total.